The Hall–Kier alpha value is -0.160. The highest BCUT2D eigenvalue weighted by molar-refractivity contribution is 7.15. The Labute approximate surface area is 117 Å². The third-order valence-corrected chi connectivity index (χ3v) is 5.74. The monoisotopic (exact) mass is 286 g/mol. The second kappa shape index (κ2) is 5.08. The summed E-state index contributed by atoms with van der Waals surface area (Å²) in [7, 11) is 0. The summed E-state index contributed by atoms with van der Waals surface area (Å²) in [5.74, 6) is 0. The first kappa shape index (κ1) is 12.9. The van der Waals surface area contributed by atoms with Crippen molar-refractivity contribution in [2.45, 2.75) is 37.6 Å². The highest BCUT2D eigenvalue weighted by Crippen LogP contribution is 2.39. The number of hydrogen-bond acceptors (Lipinski definition) is 4. The zero-order valence-corrected chi connectivity index (χ0v) is 12.3. The van der Waals surface area contributed by atoms with Crippen LogP contribution in [0, 0.1) is 0 Å². The molecule has 3 heterocycles. The normalized spacial score (nSPS) is 28.7. The van der Waals surface area contributed by atoms with Gasteiger partial charge in [-0.2, -0.15) is 0 Å². The number of piperidine rings is 1. The molecule has 0 radical (unpaired) electrons. The fourth-order valence-electron chi connectivity index (χ4n) is 2.94. The SMILES string of the molecule is CC1(c2ncc(Cl)s2)CCN(C2CCOC2)CC1. The molecule has 1 aromatic rings. The van der Waals surface area contributed by atoms with Crippen LogP contribution >= 0.6 is 22.9 Å². The van der Waals surface area contributed by atoms with Gasteiger partial charge in [0, 0.05) is 18.1 Å². The van der Waals surface area contributed by atoms with Gasteiger partial charge in [0.2, 0.25) is 0 Å². The minimum absolute atomic E-state index is 0.216. The molecule has 100 valence electrons. The number of thiazole rings is 1. The van der Waals surface area contributed by atoms with E-state index in [2.05, 4.69) is 16.8 Å². The Morgan fingerprint density at radius 3 is 2.83 bits per heavy atom. The summed E-state index contributed by atoms with van der Waals surface area (Å²) >= 11 is 7.64. The number of hydrogen-bond donors (Lipinski definition) is 0. The van der Waals surface area contributed by atoms with E-state index < -0.39 is 0 Å². The number of ether oxygens (including phenoxy) is 1. The number of nitrogens with zero attached hydrogens (tertiary/aromatic N) is 2. The summed E-state index contributed by atoms with van der Waals surface area (Å²) in [6.07, 6.45) is 5.32. The van der Waals surface area contributed by atoms with E-state index >= 15 is 0 Å². The largest absolute Gasteiger partial charge is 0.380 e. The molecule has 18 heavy (non-hydrogen) atoms. The van der Waals surface area contributed by atoms with E-state index in [9.17, 15) is 0 Å². The third kappa shape index (κ3) is 2.44. The maximum absolute atomic E-state index is 6.00. The second-order valence-electron chi connectivity index (χ2n) is 5.58. The maximum atomic E-state index is 6.00. The van der Waals surface area contributed by atoms with E-state index in [1.165, 1.54) is 24.3 Å². The van der Waals surface area contributed by atoms with Crippen LogP contribution in [0.5, 0.6) is 0 Å². The van der Waals surface area contributed by atoms with Crippen LogP contribution < -0.4 is 0 Å². The summed E-state index contributed by atoms with van der Waals surface area (Å²) in [6, 6.07) is 0.648. The minimum Gasteiger partial charge on any atom is -0.380 e. The van der Waals surface area contributed by atoms with Crippen molar-refractivity contribution < 1.29 is 4.74 Å². The fraction of sp³-hybridized carbons (Fsp3) is 0.769. The van der Waals surface area contributed by atoms with Crippen LogP contribution in [0.4, 0.5) is 0 Å². The van der Waals surface area contributed by atoms with Crippen molar-refractivity contribution in [1.82, 2.24) is 9.88 Å². The average molecular weight is 287 g/mol. The zero-order chi connectivity index (χ0) is 12.6. The highest BCUT2D eigenvalue weighted by atomic mass is 35.5. The molecule has 0 aromatic carbocycles. The van der Waals surface area contributed by atoms with Gasteiger partial charge in [0.25, 0.3) is 0 Å². The van der Waals surface area contributed by atoms with Gasteiger partial charge in [-0.25, -0.2) is 4.98 Å². The predicted molar refractivity (Wildman–Crippen MR) is 74.5 cm³/mol. The Balaban J connectivity index is 1.65. The first-order chi connectivity index (χ1) is 8.67. The quantitative estimate of drug-likeness (QED) is 0.836. The molecular weight excluding hydrogens is 268 g/mol. The van der Waals surface area contributed by atoms with Crippen molar-refractivity contribution in [2.75, 3.05) is 26.3 Å². The molecule has 3 nitrogen and oxygen atoms in total. The van der Waals surface area contributed by atoms with Crippen LogP contribution in [0.3, 0.4) is 0 Å². The molecule has 0 aliphatic carbocycles. The Kier molecular flexibility index (Phi) is 3.63. The highest BCUT2D eigenvalue weighted by Gasteiger charge is 2.36. The third-order valence-electron chi connectivity index (χ3n) is 4.32. The molecule has 5 heteroatoms. The average Bonchev–Trinajstić information content (AvgIpc) is 3.01. The molecule has 3 rings (SSSR count). The van der Waals surface area contributed by atoms with Crippen LogP contribution in [0.2, 0.25) is 4.34 Å². The number of rotatable bonds is 2. The van der Waals surface area contributed by atoms with E-state index in [-0.39, 0.29) is 5.41 Å². The van der Waals surface area contributed by atoms with Crippen LogP contribution in [0.25, 0.3) is 0 Å². The van der Waals surface area contributed by atoms with Crippen molar-refractivity contribution in [3.63, 3.8) is 0 Å². The fourth-order valence-corrected chi connectivity index (χ4v) is 4.05. The van der Waals surface area contributed by atoms with Gasteiger partial charge in [0.1, 0.15) is 4.34 Å². The minimum atomic E-state index is 0.216. The van der Waals surface area contributed by atoms with Gasteiger partial charge >= 0.3 is 0 Å². The lowest BCUT2D eigenvalue weighted by atomic mass is 9.80. The molecule has 1 unspecified atom stereocenters. The summed E-state index contributed by atoms with van der Waals surface area (Å²) < 4.78 is 6.28. The van der Waals surface area contributed by atoms with Crippen LogP contribution in [-0.2, 0) is 10.2 Å². The molecule has 1 atom stereocenters. The van der Waals surface area contributed by atoms with Gasteiger partial charge in [-0.1, -0.05) is 18.5 Å². The van der Waals surface area contributed by atoms with Gasteiger partial charge in [0.05, 0.1) is 17.8 Å². The van der Waals surface area contributed by atoms with Gasteiger partial charge in [0.15, 0.2) is 0 Å². The molecule has 0 N–H and O–H groups in total. The summed E-state index contributed by atoms with van der Waals surface area (Å²) in [5.41, 5.74) is 0.216. The van der Waals surface area contributed by atoms with Crippen LogP contribution in [-0.4, -0.2) is 42.2 Å². The second-order valence-corrected chi connectivity index (χ2v) is 7.25. The first-order valence-electron chi connectivity index (χ1n) is 6.61. The molecule has 0 bridgehead atoms. The summed E-state index contributed by atoms with van der Waals surface area (Å²) in [6.45, 7) is 6.48. The number of aromatic nitrogens is 1. The molecule has 2 saturated heterocycles. The van der Waals surface area contributed by atoms with E-state index in [1.54, 1.807) is 17.5 Å². The van der Waals surface area contributed by atoms with Gasteiger partial charge in [-0.3, -0.25) is 4.90 Å². The van der Waals surface area contributed by atoms with Crippen molar-refractivity contribution in [3.05, 3.63) is 15.5 Å². The molecular formula is C13H19ClN2OS. The molecule has 1 aromatic heterocycles. The molecule has 2 aliphatic rings. The van der Waals surface area contributed by atoms with E-state index in [4.69, 9.17) is 16.3 Å². The lowest BCUT2D eigenvalue weighted by Crippen LogP contribution is -2.46. The van der Waals surface area contributed by atoms with E-state index in [1.807, 2.05) is 0 Å². The van der Waals surface area contributed by atoms with Gasteiger partial charge < -0.3 is 4.74 Å². The van der Waals surface area contributed by atoms with E-state index in [0.717, 1.165) is 30.6 Å². The molecule has 2 aliphatic heterocycles. The summed E-state index contributed by atoms with van der Waals surface area (Å²) in [5, 5.41) is 1.20. The Morgan fingerprint density at radius 2 is 2.28 bits per heavy atom. The standard InChI is InChI=1S/C13H19ClN2OS/c1-13(12-15-8-11(14)18-12)3-5-16(6-4-13)10-2-7-17-9-10/h8,10H,2-7,9H2,1H3. The van der Waals surface area contributed by atoms with Gasteiger partial charge in [-0.15, -0.1) is 11.3 Å². The van der Waals surface area contributed by atoms with Crippen molar-refractivity contribution in [2.24, 2.45) is 0 Å². The van der Waals surface area contributed by atoms with Crippen molar-refractivity contribution in [3.8, 4) is 0 Å². The molecule has 2 fully saturated rings. The Morgan fingerprint density at radius 1 is 1.50 bits per heavy atom. The first-order valence-corrected chi connectivity index (χ1v) is 7.80. The number of halogens is 1. The topological polar surface area (TPSA) is 25.4 Å². The Bertz CT molecular complexity index is 409. The smallest absolute Gasteiger partial charge is 0.113 e. The number of likely N-dealkylation sites (tertiary alicyclic amines) is 1. The predicted octanol–water partition coefficient (Wildman–Crippen LogP) is 2.94. The zero-order valence-electron chi connectivity index (χ0n) is 10.7. The maximum Gasteiger partial charge on any atom is 0.113 e. The van der Waals surface area contributed by atoms with Crippen LogP contribution in [0.15, 0.2) is 6.20 Å². The van der Waals surface area contributed by atoms with Gasteiger partial charge in [-0.05, 0) is 32.4 Å². The lowest BCUT2D eigenvalue weighted by Gasteiger charge is -2.40. The summed E-state index contributed by atoms with van der Waals surface area (Å²) in [4.78, 5) is 7.06. The van der Waals surface area contributed by atoms with Crippen molar-refractivity contribution >= 4 is 22.9 Å². The lowest BCUT2D eigenvalue weighted by molar-refractivity contribution is 0.102. The molecule has 0 spiro atoms. The van der Waals surface area contributed by atoms with Crippen LogP contribution in [0.1, 0.15) is 31.2 Å². The molecule has 0 amide bonds. The van der Waals surface area contributed by atoms with Crippen molar-refractivity contribution in [1.29, 1.82) is 0 Å². The van der Waals surface area contributed by atoms with E-state index in [0.29, 0.717) is 6.04 Å². The molecule has 0 saturated carbocycles.